The summed E-state index contributed by atoms with van der Waals surface area (Å²) in [6.07, 6.45) is 1.13. The molecule has 0 saturated heterocycles. The molecule has 0 aliphatic carbocycles. The van der Waals surface area contributed by atoms with Crippen LogP contribution in [0.3, 0.4) is 0 Å². The summed E-state index contributed by atoms with van der Waals surface area (Å²) in [6, 6.07) is 4.62. The molecule has 1 aromatic carbocycles. The molecule has 0 amide bonds. The Morgan fingerprint density at radius 2 is 2.20 bits per heavy atom. The number of aryl methyl sites for hydroxylation is 1. The number of halogens is 1. The minimum Gasteiger partial charge on any atom is -0.320 e. The highest BCUT2D eigenvalue weighted by atomic mass is 19.1. The largest absolute Gasteiger partial charge is 0.320 e. The molecule has 0 aliphatic heterocycles. The number of hydrogen-bond acceptors (Lipinski definition) is 2. The Bertz CT molecular complexity index is 349. The lowest BCUT2D eigenvalue weighted by Crippen LogP contribution is -2.10. The van der Waals surface area contributed by atoms with Gasteiger partial charge in [0.2, 0.25) is 0 Å². The first-order chi connectivity index (χ1) is 7.15. The first kappa shape index (κ1) is 11.9. The number of carbonyl (C=O) groups is 1. The lowest BCUT2D eigenvalue weighted by Gasteiger charge is -2.03. The zero-order chi connectivity index (χ0) is 11.3. The molecule has 15 heavy (non-hydrogen) atoms. The average molecular weight is 209 g/mol. The lowest BCUT2D eigenvalue weighted by molar-refractivity contribution is 0.0976. The number of benzene rings is 1. The smallest absolute Gasteiger partial charge is 0.165 e. The van der Waals surface area contributed by atoms with Crippen LogP contribution in [0.4, 0.5) is 4.39 Å². The second kappa shape index (κ2) is 5.61. The minimum absolute atomic E-state index is 0.119. The van der Waals surface area contributed by atoms with Crippen LogP contribution in [0.25, 0.3) is 0 Å². The highest BCUT2D eigenvalue weighted by Crippen LogP contribution is 2.12. The fourth-order valence-corrected chi connectivity index (χ4v) is 1.41. The van der Waals surface area contributed by atoms with Crippen LogP contribution in [0.15, 0.2) is 18.2 Å². The quantitative estimate of drug-likeness (QED) is 0.595. The molecule has 0 fully saturated rings. The molecular weight excluding hydrogens is 193 g/mol. The molecule has 82 valence electrons. The highest BCUT2D eigenvalue weighted by molar-refractivity contribution is 5.96. The maximum Gasteiger partial charge on any atom is 0.165 e. The van der Waals surface area contributed by atoms with Gasteiger partial charge in [-0.3, -0.25) is 4.79 Å². The van der Waals surface area contributed by atoms with E-state index in [2.05, 4.69) is 5.32 Å². The molecule has 0 bridgehead atoms. The van der Waals surface area contributed by atoms with Gasteiger partial charge in [-0.2, -0.15) is 0 Å². The van der Waals surface area contributed by atoms with Crippen molar-refractivity contribution in [3.63, 3.8) is 0 Å². The third kappa shape index (κ3) is 3.44. The summed E-state index contributed by atoms with van der Waals surface area (Å²) in [5.41, 5.74) is 1.12. The van der Waals surface area contributed by atoms with E-state index in [1.165, 1.54) is 6.07 Å². The number of Topliss-reactive ketones (excluding diaryl/α,β-unsaturated/α-hetero) is 1. The van der Waals surface area contributed by atoms with Crippen molar-refractivity contribution in [1.29, 1.82) is 0 Å². The van der Waals surface area contributed by atoms with E-state index in [9.17, 15) is 9.18 Å². The van der Waals surface area contributed by atoms with Crippen LogP contribution in [0.2, 0.25) is 0 Å². The third-order valence-electron chi connectivity index (χ3n) is 2.25. The Kier molecular flexibility index (Phi) is 4.43. The number of ketones is 1. The molecule has 0 aliphatic rings. The summed E-state index contributed by atoms with van der Waals surface area (Å²) in [6.45, 7) is 2.63. The highest BCUT2D eigenvalue weighted by Gasteiger charge is 2.10. The molecular formula is C12H16FNO. The van der Waals surface area contributed by atoms with E-state index in [1.54, 1.807) is 12.1 Å². The summed E-state index contributed by atoms with van der Waals surface area (Å²) in [5, 5.41) is 2.95. The molecule has 0 atom stereocenters. The molecule has 3 heteroatoms. The second-order valence-corrected chi connectivity index (χ2v) is 3.61. The Hall–Kier alpha value is -1.22. The molecule has 2 nitrogen and oxygen atoms in total. The predicted molar refractivity (Wildman–Crippen MR) is 58.6 cm³/mol. The van der Waals surface area contributed by atoms with Gasteiger partial charge >= 0.3 is 0 Å². The van der Waals surface area contributed by atoms with Crippen molar-refractivity contribution in [2.24, 2.45) is 0 Å². The van der Waals surface area contributed by atoms with Crippen molar-refractivity contribution in [1.82, 2.24) is 5.32 Å². The van der Waals surface area contributed by atoms with Gasteiger partial charge in [-0.05, 0) is 39.1 Å². The Balaban J connectivity index is 2.68. The maximum absolute atomic E-state index is 13.3. The molecule has 1 aromatic rings. The van der Waals surface area contributed by atoms with Crippen LogP contribution < -0.4 is 5.32 Å². The van der Waals surface area contributed by atoms with Crippen molar-refractivity contribution < 1.29 is 9.18 Å². The van der Waals surface area contributed by atoms with E-state index < -0.39 is 5.82 Å². The van der Waals surface area contributed by atoms with Gasteiger partial charge in [-0.15, -0.1) is 0 Å². The van der Waals surface area contributed by atoms with E-state index in [-0.39, 0.29) is 11.3 Å². The van der Waals surface area contributed by atoms with Crippen LogP contribution in [0.1, 0.15) is 28.8 Å². The zero-order valence-corrected chi connectivity index (χ0v) is 9.14. The van der Waals surface area contributed by atoms with Gasteiger partial charge in [0.05, 0.1) is 5.56 Å². The molecule has 0 aromatic heterocycles. The van der Waals surface area contributed by atoms with Crippen LogP contribution in [-0.4, -0.2) is 19.4 Å². The van der Waals surface area contributed by atoms with Crippen LogP contribution in [-0.2, 0) is 0 Å². The van der Waals surface area contributed by atoms with Crippen LogP contribution >= 0.6 is 0 Å². The third-order valence-corrected chi connectivity index (χ3v) is 2.25. The van der Waals surface area contributed by atoms with Gasteiger partial charge in [0, 0.05) is 6.42 Å². The monoisotopic (exact) mass is 209 g/mol. The number of nitrogens with one attached hydrogen (secondary N) is 1. The van der Waals surface area contributed by atoms with E-state index in [0.717, 1.165) is 18.5 Å². The maximum atomic E-state index is 13.3. The summed E-state index contributed by atoms with van der Waals surface area (Å²) in [7, 11) is 1.83. The molecule has 1 N–H and O–H groups in total. The lowest BCUT2D eigenvalue weighted by atomic mass is 10.0. The molecule has 0 heterocycles. The SMILES string of the molecule is CNCCCC(=O)c1cc(C)ccc1F. The first-order valence-corrected chi connectivity index (χ1v) is 5.09. The van der Waals surface area contributed by atoms with Gasteiger partial charge < -0.3 is 5.32 Å². The van der Waals surface area contributed by atoms with Crippen molar-refractivity contribution in [2.75, 3.05) is 13.6 Å². The summed E-state index contributed by atoms with van der Waals surface area (Å²) < 4.78 is 13.3. The van der Waals surface area contributed by atoms with Crippen molar-refractivity contribution in [2.45, 2.75) is 19.8 Å². The first-order valence-electron chi connectivity index (χ1n) is 5.09. The van der Waals surface area contributed by atoms with Gasteiger partial charge in [0.15, 0.2) is 5.78 Å². The van der Waals surface area contributed by atoms with E-state index >= 15 is 0 Å². The molecule has 0 unspecified atom stereocenters. The van der Waals surface area contributed by atoms with Gasteiger partial charge in [0.1, 0.15) is 5.82 Å². The minimum atomic E-state index is -0.421. The number of carbonyl (C=O) groups excluding carboxylic acids is 1. The van der Waals surface area contributed by atoms with Crippen LogP contribution in [0, 0.1) is 12.7 Å². The summed E-state index contributed by atoms with van der Waals surface area (Å²) in [5.74, 6) is -0.540. The number of hydrogen-bond donors (Lipinski definition) is 1. The average Bonchev–Trinajstić information content (AvgIpc) is 2.22. The summed E-state index contributed by atoms with van der Waals surface area (Å²) in [4.78, 5) is 11.6. The molecule has 0 radical (unpaired) electrons. The van der Waals surface area contributed by atoms with Gasteiger partial charge in [-0.1, -0.05) is 11.6 Å². The summed E-state index contributed by atoms with van der Waals surface area (Å²) >= 11 is 0. The number of rotatable bonds is 5. The van der Waals surface area contributed by atoms with E-state index in [1.807, 2.05) is 14.0 Å². The van der Waals surface area contributed by atoms with E-state index in [0.29, 0.717) is 6.42 Å². The zero-order valence-electron chi connectivity index (χ0n) is 9.14. The predicted octanol–water partition coefficient (Wildman–Crippen LogP) is 2.32. The van der Waals surface area contributed by atoms with Crippen molar-refractivity contribution in [3.05, 3.63) is 35.1 Å². The standard InChI is InChI=1S/C12H16FNO/c1-9-5-6-11(13)10(8-9)12(15)4-3-7-14-2/h5-6,8,14H,3-4,7H2,1-2H3. The molecule has 0 spiro atoms. The Morgan fingerprint density at radius 1 is 1.47 bits per heavy atom. The van der Waals surface area contributed by atoms with Gasteiger partial charge in [0.25, 0.3) is 0 Å². The topological polar surface area (TPSA) is 29.1 Å². The van der Waals surface area contributed by atoms with Crippen molar-refractivity contribution >= 4 is 5.78 Å². The van der Waals surface area contributed by atoms with Crippen molar-refractivity contribution in [3.8, 4) is 0 Å². The fourth-order valence-electron chi connectivity index (χ4n) is 1.41. The van der Waals surface area contributed by atoms with Crippen LogP contribution in [0.5, 0.6) is 0 Å². The fraction of sp³-hybridized carbons (Fsp3) is 0.417. The second-order valence-electron chi connectivity index (χ2n) is 3.61. The van der Waals surface area contributed by atoms with Gasteiger partial charge in [-0.25, -0.2) is 4.39 Å². The molecule has 0 saturated carbocycles. The molecule has 1 rings (SSSR count). The Labute approximate surface area is 89.5 Å². The Morgan fingerprint density at radius 3 is 2.87 bits per heavy atom. The van der Waals surface area contributed by atoms with E-state index in [4.69, 9.17) is 0 Å². The normalized spacial score (nSPS) is 10.3.